The van der Waals surface area contributed by atoms with Gasteiger partial charge < -0.3 is 45.3 Å². The van der Waals surface area contributed by atoms with Crippen LogP contribution in [0.1, 0.15) is 0 Å². The van der Waals surface area contributed by atoms with Gasteiger partial charge in [0, 0.05) is 0 Å². The summed E-state index contributed by atoms with van der Waals surface area (Å²) in [6.07, 6.45) is -9.57. The van der Waals surface area contributed by atoms with E-state index >= 15 is 0 Å². The highest BCUT2D eigenvalue weighted by atomic mass is 31.1. The molecular weight excluding hydrogens is 357 g/mol. The molecule has 0 amide bonds. The number of hydrogen-bond donors (Lipinski definition) is 6. The summed E-state index contributed by atoms with van der Waals surface area (Å²) in [5, 5.41) is 45.7. The maximum Gasteiger partial charge on any atom is 0.370 e. The lowest BCUT2D eigenvalue weighted by atomic mass is 9.83. The third-order valence-corrected chi connectivity index (χ3v) is 6.90. The fourth-order valence-electron chi connectivity index (χ4n) is 2.01. The molecule has 12 nitrogen and oxygen atoms in total. The fourth-order valence-corrected chi connectivity index (χ4v) is 4.89. The van der Waals surface area contributed by atoms with Crippen LogP contribution in [0, 0.1) is 0 Å². The molecule has 15 heteroatoms. The van der Waals surface area contributed by atoms with E-state index in [1.165, 1.54) is 0 Å². The van der Waals surface area contributed by atoms with Crippen LogP contribution in [-0.4, -0.2) is 65.0 Å². The number of hydrogen-bond acceptors (Lipinski definition) is 12. The summed E-state index contributed by atoms with van der Waals surface area (Å²) in [7, 11) is -13.2. The van der Waals surface area contributed by atoms with Crippen LogP contribution in [0.2, 0.25) is 0 Å². The Labute approximate surface area is 118 Å². The fraction of sp³-hybridized carbons (Fsp3) is 1.00. The van der Waals surface area contributed by atoms with Crippen molar-refractivity contribution in [3.05, 3.63) is 0 Å². The lowest BCUT2D eigenvalue weighted by Crippen LogP contribution is -2.79. The van der Waals surface area contributed by atoms with Gasteiger partial charge in [0.15, 0.2) is 12.2 Å². The van der Waals surface area contributed by atoms with Crippen molar-refractivity contribution in [3.8, 4) is 0 Å². The minimum absolute atomic E-state index is 3.03. The van der Waals surface area contributed by atoms with E-state index in [-0.39, 0.29) is 0 Å². The van der Waals surface area contributed by atoms with Crippen molar-refractivity contribution in [2.75, 3.05) is 0 Å². The Kier molecular flexibility index (Phi) is 5.01. The van der Waals surface area contributed by atoms with Crippen molar-refractivity contribution >= 4 is 24.1 Å². The molecule has 0 aromatic heterocycles. The molecule has 0 bridgehead atoms. The Bertz CT molecular complexity index is 511. The molecule has 0 radical (unpaired) electrons. The maximum atomic E-state index is 11.1. The van der Waals surface area contributed by atoms with Crippen LogP contribution in [0.5, 0.6) is 0 Å². The largest absolute Gasteiger partial charge is 0.593 e. The zero-order valence-corrected chi connectivity index (χ0v) is 12.4. The van der Waals surface area contributed by atoms with E-state index < -0.39 is 58.4 Å². The number of aliphatic hydroxyl groups excluding tert-OH is 3. The second-order valence-corrected chi connectivity index (χ2v) is 7.92. The first-order chi connectivity index (χ1) is 9.30. The first-order valence-corrected chi connectivity index (χ1v) is 8.48. The molecule has 0 heterocycles. The molecule has 9 atom stereocenters. The molecule has 120 valence electrons. The van der Waals surface area contributed by atoms with Crippen LogP contribution in [0.4, 0.5) is 0 Å². The molecule has 0 spiro atoms. The van der Waals surface area contributed by atoms with Gasteiger partial charge in [-0.1, -0.05) is 13.7 Å². The lowest BCUT2D eigenvalue weighted by molar-refractivity contribution is -0.306. The molecule has 0 saturated heterocycles. The minimum atomic E-state index is -4.52. The molecule has 21 heavy (non-hydrogen) atoms. The van der Waals surface area contributed by atoms with Gasteiger partial charge in [0.1, 0.15) is 0 Å². The SMILES string of the molecule is O=[P+]([O-])[C@]1(O)[C@H](O)[C@@H](O)[C@](O)([P+](=O)[O-])[C@@](O)([P+](=O)[O-])[C@@H]1O. The first-order valence-electron chi connectivity index (χ1n) is 4.95. The van der Waals surface area contributed by atoms with E-state index in [0.29, 0.717) is 0 Å². The molecule has 1 rings (SSSR count). The van der Waals surface area contributed by atoms with Crippen molar-refractivity contribution in [3.63, 3.8) is 0 Å². The average molecular weight is 366 g/mol. The molecular formula is C6H9O12P3. The highest BCUT2D eigenvalue weighted by Crippen LogP contribution is 2.61. The summed E-state index contributed by atoms with van der Waals surface area (Å²) in [5.41, 5.74) is 0. The van der Waals surface area contributed by atoms with E-state index in [9.17, 15) is 59.0 Å². The van der Waals surface area contributed by atoms with Crippen LogP contribution in [-0.2, 0) is 13.7 Å². The van der Waals surface area contributed by atoms with Crippen molar-refractivity contribution in [1.29, 1.82) is 0 Å². The number of rotatable bonds is 3. The van der Waals surface area contributed by atoms with Gasteiger partial charge in [-0.3, -0.25) is 0 Å². The summed E-state index contributed by atoms with van der Waals surface area (Å²) in [6.45, 7) is 0. The molecule has 0 aromatic rings. The van der Waals surface area contributed by atoms with Crippen molar-refractivity contribution < 1.29 is 59.0 Å². The predicted molar refractivity (Wildman–Crippen MR) is 55.7 cm³/mol. The van der Waals surface area contributed by atoms with Gasteiger partial charge in [-0.2, -0.15) is 0 Å². The summed E-state index contributed by atoms with van der Waals surface area (Å²) >= 11 is 0. The summed E-state index contributed by atoms with van der Waals surface area (Å²) < 4.78 is 33.0. The maximum absolute atomic E-state index is 11.1. The van der Waals surface area contributed by atoms with Gasteiger partial charge >= 0.3 is 40.1 Å². The summed E-state index contributed by atoms with van der Waals surface area (Å²) in [5.74, 6) is 0. The van der Waals surface area contributed by atoms with Gasteiger partial charge in [-0.25, -0.2) is 0 Å². The first kappa shape index (κ1) is 19.0. The Balaban J connectivity index is 3.74. The topological polar surface area (TPSA) is 242 Å². The Morgan fingerprint density at radius 3 is 1.38 bits per heavy atom. The van der Waals surface area contributed by atoms with E-state index in [4.69, 9.17) is 0 Å². The normalized spacial score (nSPS) is 49.6. The van der Waals surface area contributed by atoms with Gasteiger partial charge in [0.25, 0.3) is 0 Å². The summed E-state index contributed by atoms with van der Waals surface area (Å²) in [4.78, 5) is 33.0. The molecule has 1 saturated carbocycles. The molecule has 1 aliphatic rings. The molecule has 0 aliphatic heterocycles. The van der Waals surface area contributed by atoms with Crippen LogP contribution >= 0.6 is 24.1 Å². The minimum Gasteiger partial charge on any atom is -0.593 e. The van der Waals surface area contributed by atoms with Crippen molar-refractivity contribution in [2.45, 2.75) is 34.3 Å². The quantitative estimate of drug-likeness (QED) is 0.256. The van der Waals surface area contributed by atoms with E-state index in [1.807, 2.05) is 0 Å². The van der Waals surface area contributed by atoms with Gasteiger partial charge in [-0.15, -0.1) is 0 Å². The molecule has 3 unspecified atom stereocenters. The van der Waals surface area contributed by atoms with Gasteiger partial charge in [-0.05, 0) is 0 Å². The third-order valence-electron chi connectivity index (χ3n) is 3.32. The van der Waals surface area contributed by atoms with Gasteiger partial charge in [0.05, 0.1) is 0 Å². The van der Waals surface area contributed by atoms with E-state index in [1.54, 1.807) is 0 Å². The Hall–Kier alpha value is -0.0600. The number of aliphatic hydroxyl groups is 6. The average Bonchev–Trinajstić information content (AvgIpc) is 2.39. The zero-order chi connectivity index (χ0) is 17.0. The lowest BCUT2D eigenvalue weighted by Gasteiger charge is -2.46. The molecule has 1 aliphatic carbocycles. The predicted octanol–water partition coefficient (Wildman–Crippen LogP) is -5.54. The monoisotopic (exact) mass is 366 g/mol. The Morgan fingerprint density at radius 2 is 1.10 bits per heavy atom. The molecule has 6 N–H and O–H groups in total. The zero-order valence-electron chi connectivity index (χ0n) is 9.71. The highest BCUT2D eigenvalue weighted by molar-refractivity contribution is 7.44. The third kappa shape index (κ3) is 2.13. The van der Waals surface area contributed by atoms with Crippen LogP contribution < -0.4 is 14.7 Å². The molecule has 1 fully saturated rings. The van der Waals surface area contributed by atoms with Crippen LogP contribution in [0.25, 0.3) is 0 Å². The van der Waals surface area contributed by atoms with Crippen molar-refractivity contribution in [1.82, 2.24) is 0 Å². The Morgan fingerprint density at radius 1 is 0.714 bits per heavy atom. The van der Waals surface area contributed by atoms with E-state index in [2.05, 4.69) is 0 Å². The van der Waals surface area contributed by atoms with Crippen LogP contribution in [0.15, 0.2) is 0 Å². The van der Waals surface area contributed by atoms with E-state index in [0.717, 1.165) is 0 Å². The summed E-state index contributed by atoms with van der Waals surface area (Å²) in [6, 6.07) is 0. The second-order valence-electron chi connectivity index (χ2n) is 4.30. The van der Waals surface area contributed by atoms with Crippen molar-refractivity contribution in [2.24, 2.45) is 0 Å². The smallest absolute Gasteiger partial charge is 0.370 e. The second kappa shape index (κ2) is 5.54. The van der Waals surface area contributed by atoms with Crippen LogP contribution in [0.3, 0.4) is 0 Å². The highest BCUT2D eigenvalue weighted by Gasteiger charge is 2.88. The molecule has 0 aromatic carbocycles. The van der Waals surface area contributed by atoms with Gasteiger partial charge in [0.2, 0.25) is 6.10 Å². The standard InChI is InChI=1S/C6H9O12P3/c7-1-2(8)5(11,20(15)16)6(12,21(17)18)3(9)4(1,10)19(13)14/h1-3,7-12H/t1-,2-,3-,4-,5+,6+/m1/s1.